The van der Waals surface area contributed by atoms with Crippen molar-refractivity contribution in [1.29, 1.82) is 0 Å². The van der Waals surface area contributed by atoms with Gasteiger partial charge in [-0.05, 0) is 171 Å². The molecule has 7 nitrogen and oxygen atoms in total. The van der Waals surface area contributed by atoms with Crippen molar-refractivity contribution < 1.29 is 82.2 Å². The van der Waals surface area contributed by atoms with Gasteiger partial charge in [0.05, 0.1) is 194 Å². The first-order chi connectivity index (χ1) is 89.3. The zero-order valence-electron chi connectivity index (χ0n) is 127. The Morgan fingerprint density at radius 2 is 0.354 bits per heavy atom. The second kappa shape index (κ2) is 30.7. The molecule has 0 aliphatic rings. The Balaban J connectivity index is 0.000000141. The highest BCUT2D eigenvalue weighted by atomic mass is 15.0. The Morgan fingerprint density at radius 3 is 0.662 bits per heavy atom. The van der Waals surface area contributed by atoms with E-state index in [1.165, 1.54) is 39.0 Å². The van der Waals surface area contributed by atoms with E-state index in [1.807, 2.05) is 0 Å². The third-order valence-electron chi connectivity index (χ3n) is 22.5. The van der Waals surface area contributed by atoms with Crippen molar-refractivity contribution in [2.75, 3.05) is 0 Å². The van der Waals surface area contributed by atoms with Gasteiger partial charge in [0.15, 0.2) is 0 Å². The lowest BCUT2D eigenvalue weighted by atomic mass is 10.0. The van der Waals surface area contributed by atoms with Gasteiger partial charge in [-0.2, -0.15) is 0 Å². The van der Waals surface area contributed by atoms with Crippen LogP contribution in [0.5, 0.6) is 0 Å². The molecule has 20 aromatic carbocycles. The van der Waals surface area contributed by atoms with E-state index in [1.54, 1.807) is 97.1 Å². The van der Waals surface area contributed by atoms with Crippen LogP contribution in [0.25, 0.3) is 226 Å². The average molecular weight is 1720 g/mol. The number of para-hydroxylation sites is 16. The summed E-state index contributed by atoms with van der Waals surface area (Å²) in [5, 5.41) is -3.22. The quantitative estimate of drug-likeness (QED) is 0.131. The Bertz CT molecular complexity index is 12300. The van der Waals surface area contributed by atoms with Crippen LogP contribution in [0, 0.1) is 20.8 Å². The maximum atomic E-state index is 10.1. The molecule has 0 saturated heterocycles. The summed E-state index contributed by atoms with van der Waals surface area (Å²) in [6.07, 6.45) is 0. The van der Waals surface area contributed by atoms with Crippen molar-refractivity contribution in [3.8, 4) is 73.2 Å². The van der Waals surface area contributed by atoms with Crippen LogP contribution in [-0.4, -0.2) is 32.0 Å². The fraction of sp³-hybridized carbons (Fsp3) is 0.0244. The lowest BCUT2D eigenvalue weighted by Crippen LogP contribution is -2.01. The van der Waals surface area contributed by atoms with Gasteiger partial charge in [0.25, 0.3) is 0 Å². The van der Waals surface area contributed by atoms with Crippen LogP contribution in [0.15, 0.2) is 460 Å². The predicted molar refractivity (Wildman–Crippen MR) is 550 cm³/mol. The number of hydrogen-bond donors (Lipinski definition) is 0. The highest BCUT2D eigenvalue weighted by Gasteiger charge is 2.26. The SMILES string of the molecule is [2H]c1c([2H])c([2H])c(-n2c3c([2H])c([2H])c([2H])c([2H])c3c3c([2H])c([2H])c([2H])c([2H])c32)c(-c2c([2H])c([2H])c([2H])c([2H])c2-n2c3c([2H])c([2H])c([2H])c([2H])c3c3c([2H])c(C)c([2H])c([2H])c32)c1[2H].[2H]c1c([2H])c([2H])c2c(c1[2H])c1c([2H])c([2H])c([2H])c([2H])c1n2-c1ccccc1-c1ccccc1-n1c2c([2H])c([2H])c([2H])c([2H])c2c2c([2H])c(-n3c4c([2H])c([2H])c([2H])c([2H])c4c4c([2H])c([2H])c(C)c([2H])c43)c([2H])c([2H])c21.[2H]c1c([2H])c([2H])c2c(c1[2H])c1c([2H])c([2H])c([2H])c([2H])c1n2-c1ccccc1-c1ccccc1-n1c2c([2H])c([2H])c([2H])c([2H])c2c2c([2H])c(C)c([2H])c([2H])c21. The fourth-order valence-corrected chi connectivity index (χ4v) is 17.2. The van der Waals surface area contributed by atoms with E-state index in [9.17, 15) is 13.7 Å². The minimum Gasteiger partial charge on any atom is -0.309 e. The number of rotatable bonds is 10. The smallest absolute Gasteiger partial charge is 0.0652 e. The molecule has 612 valence electrons. The number of nitrogens with zero attached hydrogens (tertiary/aromatic N) is 7. The molecule has 7 aromatic heterocycles. The van der Waals surface area contributed by atoms with Gasteiger partial charge in [-0.3, -0.25) is 0 Å². The van der Waals surface area contributed by atoms with Gasteiger partial charge < -0.3 is 32.0 Å². The second-order valence-electron chi connectivity index (χ2n) is 29.7. The zero-order valence-corrected chi connectivity index (χ0v) is 67.4. The van der Waals surface area contributed by atoms with Crippen LogP contribution in [0.3, 0.4) is 0 Å². The monoisotopic (exact) mass is 1720 g/mol. The molecule has 0 aliphatic heterocycles. The molecule has 0 unspecified atom stereocenters. The molecule has 0 N–H and O–H groups in total. The summed E-state index contributed by atoms with van der Waals surface area (Å²) >= 11 is 0. The van der Waals surface area contributed by atoms with Crippen molar-refractivity contribution in [1.82, 2.24) is 32.0 Å². The number of benzene rings is 20. The van der Waals surface area contributed by atoms with E-state index in [0.29, 0.717) is 11.1 Å². The second-order valence-corrected chi connectivity index (χ2v) is 29.7. The van der Waals surface area contributed by atoms with Gasteiger partial charge in [0, 0.05) is 114 Å². The Labute approximate surface area is 835 Å². The normalized spacial score (nSPS) is 18.3. The Morgan fingerprint density at radius 1 is 0.146 bits per heavy atom. The summed E-state index contributed by atoms with van der Waals surface area (Å²) in [6.45, 7) is 4.23. The summed E-state index contributed by atoms with van der Waals surface area (Å²) in [5.41, 5.74) is -5.62. The third kappa shape index (κ3) is 12.0. The van der Waals surface area contributed by atoms with Gasteiger partial charge >= 0.3 is 0 Å². The van der Waals surface area contributed by atoms with E-state index < -0.39 is 405 Å². The van der Waals surface area contributed by atoms with Crippen LogP contribution in [0.4, 0.5) is 0 Å². The molecular formula is C123H85N7. The van der Waals surface area contributed by atoms with E-state index in [0.717, 1.165) is 13.7 Å². The molecule has 7 heterocycles. The van der Waals surface area contributed by atoms with E-state index >= 15 is 0 Å². The summed E-state index contributed by atoms with van der Waals surface area (Å²) in [5.74, 6) is 0. The average Bonchev–Trinajstić information content (AvgIpc) is 1.52. The minimum absolute atomic E-state index is 0.00933. The zero-order chi connectivity index (χ0) is 138. The molecule has 7 heteroatoms. The van der Waals surface area contributed by atoms with E-state index in [-0.39, 0.29) is 188 Å². The third-order valence-corrected chi connectivity index (χ3v) is 22.5. The lowest BCUT2D eigenvalue weighted by Gasteiger charge is -2.18. The van der Waals surface area contributed by atoms with Crippen molar-refractivity contribution >= 4 is 153 Å². The highest BCUT2D eigenvalue weighted by molar-refractivity contribution is 6.17. The largest absolute Gasteiger partial charge is 0.309 e. The molecule has 0 fully saturated rings. The Kier molecular flexibility index (Phi) is 8.63. The first kappa shape index (κ1) is 36.5. The van der Waals surface area contributed by atoms with Gasteiger partial charge in [-0.1, -0.05) is 326 Å². The standard InChI is InChI=1S/C49H33N3.2C37H26N2/c1-32-26-28-40-38-18-2-8-20-42(38)50(49(40)30-32)33-27-29-48-41(31-33)39-19-7-13-25-47(39)52(48)46-24-12-6-17-37(46)36-16-5-11-23-45(36)51-43-21-9-3-14-34(43)35-15-4-10-22-44(35)51;2*1-25-22-23-37-31(24-25)30-16-6-11-21-36(30)39(37)35-20-10-5-15-29(35)28-14-4-9-19-34(28)38-32-17-7-2-12-26(32)27-13-3-8-18-33(27)38/h2-31H,1H3;2*2-24H,1H3/i2D,3D,4D,7D,8D,9D,10D,13D,14D,15D,18D,19D,20D,21D,22D,25D,26D,27D,28D,29D,30D,31D;2D,3D,4D,5D,6D,7D,8D,9D,10D,11D,12D,13D,14D,15D,16D,17D,18D,19D,20D,21D,22D,23D,24D;2D,3D,6D,7D,8D,11D,12D,13D,16D,17D,18D,21D,22D,23D,24D. The molecule has 0 spiro atoms. The van der Waals surface area contributed by atoms with E-state index in [4.69, 9.17) is 68.5 Å². The number of aromatic nitrogens is 7. The van der Waals surface area contributed by atoms with Crippen LogP contribution in [-0.2, 0) is 0 Å². The van der Waals surface area contributed by atoms with Gasteiger partial charge in [-0.25, -0.2) is 0 Å². The van der Waals surface area contributed by atoms with Gasteiger partial charge in [-0.15, -0.1) is 0 Å². The first-order valence-corrected chi connectivity index (χ1v) is 40.0. The summed E-state index contributed by atoms with van der Waals surface area (Å²) in [6, 6.07) is -13.7. The van der Waals surface area contributed by atoms with Gasteiger partial charge in [0.2, 0.25) is 0 Å². The van der Waals surface area contributed by atoms with Crippen LogP contribution in [0.1, 0.15) is 98.9 Å². The lowest BCUT2D eigenvalue weighted by molar-refractivity contribution is 1.15. The van der Waals surface area contributed by atoms with Crippen LogP contribution >= 0.6 is 0 Å². The number of fused-ring (bicyclic) bond motifs is 21. The minimum atomic E-state index is -1.03. The molecule has 0 aliphatic carbocycles. The number of hydrogen-bond acceptors (Lipinski definition) is 0. The molecule has 27 rings (SSSR count). The van der Waals surface area contributed by atoms with Crippen LogP contribution in [0.2, 0.25) is 0 Å². The molecule has 27 aromatic rings. The summed E-state index contributed by atoms with van der Waals surface area (Å²) in [7, 11) is 0. The first-order valence-electron chi connectivity index (χ1n) is 70.0. The van der Waals surface area contributed by atoms with E-state index in [2.05, 4.69) is 0 Å². The molecule has 0 saturated carbocycles. The Hall–Kier alpha value is -17.0. The molecular weight excluding hydrogens is 1580 g/mol. The van der Waals surface area contributed by atoms with Crippen molar-refractivity contribution in [3.05, 3.63) is 476 Å². The summed E-state index contributed by atoms with van der Waals surface area (Å²) in [4.78, 5) is 0. The van der Waals surface area contributed by atoms with Crippen molar-refractivity contribution in [2.45, 2.75) is 20.8 Å². The molecule has 0 radical (unpaired) electrons. The van der Waals surface area contributed by atoms with Gasteiger partial charge in [0.1, 0.15) is 0 Å². The molecule has 0 amide bonds. The fourth-order valence-electron chi connectivity index (χ4n) is 17.2. The van der Waals surface area contributed by atoms with Crippen molar-refractivity contribution in [3.63, 3.8) is 0 Å². The molecule has 0 bridgehead atoms. The predicted octanol–water partition coefficient (Wildman–Crippen LogP) is 32.7. The summed E-state index contributed by atoms with van der Waals surface area (Å²) < 4.78 is 544. The maximum Gasteiger partial charge on any atom is 0.0652 e. The topological polar surface area (TPSA) is 34.5 Å². The highest BCUT2D eigenvalue weighted by Crippen LogP contribution is 2.47. The maximum absolute atomic E-state index is 10.1. The van der Waals surface area contributed by atoms with Crippen molar-refractivity contribution in [2.24, 2.45) is 0 Å². The van der Waals surface area contributed by atoms with Crippen LogP contribution < -0.4 is 0 Å². The molecule has 130 heavy (non-hydrogen) atoms. The molecule has 0 atom stereocenters.